The molecule has 172 valence electrons. The Kier molecular flexibility index (Phi) is 7.18. The van der Waals surface area contributed by atoms with E-state index in [-0.39, 0.29) is 21.6 Å². The molecule has 1 N–H and O–H groups in total. The first-order valence-electron chi connectivity index (χ1n) is 9.98. The normalized spacial score (nSPS) is 11.7. The first-order valence-corrected chi connectivity index (χ1v) is 10.4. The number of halogens is 4. The van der Waals surface area contributed by atoms with Crippen LogP contribution in [0.5, 0.6) is 5.75 Å². The Hall–Kier alpha value is -2.94. The van der Waals surface area contributed by atoms with Gasteiger partial charge in [-0.15, -0.1) is 0 Å². The minimum absolute atomic E-state index is 0.0343. The average molecular weight is 471 g/mol. The van der Waals surface area contributed by atoms with Crippen LogP contribution in [0, 0.1) is 0 Å². The van der Waals surface area contributed by atoms with Crippen LogP contribution in [0.25, 0.3) is 11.0 Å². The van der Waals surface area contributed by atoms with Crippen molar-refractivity contribution in [1.82, 2.24) is 5.16 Å². The lowest BCUT2D eigenvalue weighted by atomic mass is 10.0. The van der Waals surface area contributed by atoms with Crippen LogP contribution in [0.1, 0.15) is 41.4 Å². The molecule has 32 heavy (non-hydrogen) atoms. The number of carboxylic acid groups (broad SMARTS) is 1. The van der Waals surface area contributed by atoms with E-state index in [4.69, 9.17) is 26.0 Å². The number of hydrogen-bond acceptors (Lipinski definition) is 5. The molecule has 0 saturated carbocycles. The fraction of sp³-hybridized carbons (Fsp3) is 0.364. The Morgan fingerprint density at radius 2 is 2.03 bits per heavy atom. The maximum atomic E-state index is 13.1. The van der Waals surface area contributed by atoms with E-state index in [1.807, 2.05) is 18.9 Å². The van der Waals surface area contributed by atoms with Crippen molar-refractivity contribution in [3.8, 4) is 5.75 Å². The van der Waals surface area contributed by atoms with Gasteiger partial charge in [0.15, 0.2) is 11.3 Å². The number of benzene rings is 2. The molecule has 0 aliphatic rings. The highest BCUT2D eigenvalue weighted by Gasteiger charge is 2.37. The monoisotopic (exact) mass is 470 g/mol. The van der Waals surface area contributed by atoms with Crippen LogP contribution in [0.15, 0.2) is 34.9 Å². The van der Waals surface area contributed by atoms with Crippen molar-refractivity contribution in [3.05, 3.63) is 52.2 Å². The topological polar surface area (TPSA) is 75.8 Å². The average Bonchev–Trinajstić information content (AvgIpc) is 3.17. The van der Waals surface area contributed by atoms with Gasteiger partial charge in [0.2, 0.25) is 0 Å². The predicted molar refractivity (Wildman–Crippen MR) is 115 cm³/mol. The molecule has 10 heteroatoms. The number of aryl methyl sites for hydroxylation is 1. The highest BCUT2D eigenvalue weighted by Crippen LogP contribution is 2.38. The van der Waals surface area contributed by atoms with Crippen molar-refractivity contribution in [2.75, 3.05) is 25.1 Å². The zero-order chi connectivity index (χ0) is 23.5. The minimum Gasteiger partial charge on any atom is -0.493 e. The molecule has 0 bridgehead atoms. The number of carbonyl (C=O) groups is 1. The number of aromatic carboxylic acids is 1. The standard InChI is InChI=1S/C22H22ClF3N2O4/c1-3-5-15-18(9-8-16-19(15)32-27-20(16)22(24,25)26)31-11-4-10-28(2)13-6-7-14(21(29)30)17(23)12-13/h6-9,12H,3-5,10-11H2,1-2H3,(H,29,30). The minimum atomic E-state index is -4.59. The second kappa shape index (κ2) is 9.68. The molecule has 1 aromatic heterocycles. The van der Waals surface area contributed by atoms with Gasteiger partial charge >= 0.3 is 12.1 Å². The molecular weight excluding hydrogens is 449 g/mol. The second-order valence-corrected chi connectivity index (χ2v) is 7.70. The Morgan fingerprint density at radius 1 is 1.28 bits per heavy atom. The number of anilines is 1. The molecule has 0 aliphatic heterocycles. The zero-order valence-electron chi connectivity index (χ0n) is 17.5. The number of aromatic nitrogens is 1. The number of carboxylic acids is 1. The second-order valence-electron chi connectivity index (χ2n) is 7.29. The van der Waals surface area contributed by atoms with Crippen LogP contribution in [0.4, 0.5) is 18.9 Å². The van der Waals surface area contributed by atoms with Gasteiger partial charge < -0.3 is 19.3 Å². The Labute approximate surface area is 187 Å². The fourth-order valence-electron chi connectivity index (χ4n) is 3.40. The molecular formula is C22H22ClF3N2O4. The zero-order valence-corrected chi connectivity index (χ0v) is 18.3. The third-order valence-corrected chi connectivity index (χ3v) is 5.30. The van der Waals surface area contributed by atoms with Gasteiger partial charge in [0.05, 0.1) is 22.6 Å². The molecule has 1 heterocycles. The van der Waals surface area contributed by atoms with E-state index >= 15 is 0 Å². The maximum Gasteiger partial charge on any atom is 0.437 e. The van der Waals surface area contributed by atoms with Crippen molar-refractivity contribution in [2.45, 2.75) is 32.4 Å². The van der Waals surface area contributed by atoms with E-state index in [0.717, 1.165) is 5.69 Å². The molecule has 0 aliphatic carbocycles. The summed E-state index contributed by atoms with van der Waals surface area (Å²) in [5, 5.41) is 12.4. The number of hydrogen-bond donors (Lipinski definition) is 1. The summed E-state index contributed by atoms with van der Waals surface area (Å²) in [5.74, 6) is -0.618. The molecule has 0 unspecified atom stereocenters. The van der Waals surface area contributed by atoms with E-state index in [1.54, 1.807) is 12.1 Å². The van der Waals surface area contributed by atoms with Crippen molar-refractivity contribution >= 4 is 34.2 Å². The van der Waals surface area contributed by atoms with Crippen LogP contribution in [-0.2, 0) is 12.6 Å². The summed E-state index contributed by atoms with van der Waals surface area (Å²) in [4.78, 5) is 13.0. The maximum absolute atomic E-state index is 13.1. The summed E-state index contributed by atoms with van der Waals surface area (Å²) in [6, 6.07) is 7.55. The van der Waals surface area contributed by atoms with Crippen molar-refractivity contribution < 1.29 is 32.3 Å². The third kappa shape index (κ3) is 5.09. The van der Waals surface area contributed by atoms with Crippen molar-refractivity contribution in [3.63, 3.8) is 0 Å². The van der Waals surface area contributed by atoms with Gasteiger partial charge in [-0.2, -0.15) is 13.2 Å². The molecule has 0 atom stereocenters. The molecule has 2 aromatic carbocycles. The van der Waals surface area contributed by atoms with E-state index in [9.17, 15) is 18.0 Å². The van der Waals surface area contributed by atoms with E-state index in [0.29, 0.717) is 43.7 Å². The lowest BCUT2D eigenvalue weighted by Crippen LogP contribution is -2.20. The van der Waals surface area contributed by atoms with Crippen molar-refractivity contribution in [2.24, 2.45) is 0 Å². The summed E-state index contributed by atoms with van der Waals surface area (Å²) >= 11 is 6.02. The fourth-order valence-corrected chi connectivity index (χ4v) is 3.65. The highest BCUT2D eigenvalue weighted by atomic mass is 35.5. The molecule has 0 amide bonds. The molecule has 3 rings (SSSR count). The quantitative estimate of drug-likeness (QED) is 0.383. The van der Waals surface area contributed by atoms with Gasteiger partial charge in [-0.3, -0.25) is 0 Å². The summed E-state index contributed by atoms with van der Waals surface area (Å²) < 4.78 is 50.3. The van der Waals surface area contributed by atoms with Gasteiger partial charge in [-0.05, 0) is 43.2 Å². The summed E-state index contributed by atoms with van der Waals surface area (Å²) in [7, 11) is 1.84. The Balaban J connectivity index is 1.66. The first-order chi connectivity index (χ1) is 15.1. The summed E-state index contributed by atoms with van der Waals surface area (Å²) in [5.41, 5.74) is 0.423. The number of rotatable bonds is 9. The van der Waals surface area contributed by atoms with Gasteiger partial charge in [0.1, 0.15) is 5.75 Å². The van der Waals surface area contributed by atoms with Crippen LogP contribution < -0.4 is 9.64 Å². The lowest BCUT2D eigenvalue weighted by Gasteiger charge is -2.20. The van der Waals surface area contributed by atoms with Gasteiger partial charge in [0.25, 0.3) is 0 Å². The van der Waals surface area contributed by atoms with Gasteiger partial charge in [-0.25, -0.2) is 4.79 Å². The van der Waals surface area contributed by atoms with Gasteiger partial charge in [0, 0.05) is 24.8 Å². The van der Waals surface area contributed by atoms with Crippen LogP contribution in [0.2, 0.25) is 5.02 Å². The molecule has 3 aromatic rings. The first kappa shape index (κ1) is 23.7. The third-order valence-electron chi connectivity index (χ3n) is 4.99. The van der Waals surface area contributed by atoms with Crippen LogP contribution in [-0.4, -0.2) is 36.4 Å². The molecule has 0 spiro atoms. The number of fused-ring (bicyclic) bond motifs is 1. The summed E-state index contributed by atoms with van der Waals surface area (Å²) in [6.07, 6.45) is -2.78. The van der Waals surface area contributed by atoms with Crippen molar-refractivity contribution in [1.29, 1.82) is 0 Å². The van der Waals surface area contributed by atoms with Crippen LogP contribution in [0.3, 0.4) is 0 Å². The summed E-state index contributed by atoms with van der Waals surface area (Å²) in [6.45, 7) is 2.84. The molecule has 0 radical (unpaired) electrons. The predicted octanol–water partition coefficient (Wildman–Crippen LogP) is 6.06. The molecule has 0 saturated heterocycles. The lowest BCUT2D eigenvalue weighted by molar-refractivity contribution is -0.141. The number of nitrogens with zero attached hydrogens (tertiary/aromatic N) is 2. The number of ether oxygens (including phenoxy) is 1. The Bertz CT molecular complexity index is 1110. The highest BCUT2D eigenvalue weighted by molar-refractivity contribution is 6.33. The van der Waals surface area contributed by atoms with Gasteiger partial charge in [-0.1, -0.05) is 30.1 Å². The number of alkyl halides is 3. The smallest absolute Gasteiger partial charge is 0.437 e. The van der Waals surface area contributed by atoms with E-state index < -0.39 is 17.8 Å². The van der Waals surface area contributed by atoms with E-state index in [2.05, 4.69) is 5.16 Å². The molecule has 0 fully saturated rings. The largest absolute Gasteiger partial charge is 0.493 e. The Morgan fingerprint density at radius 3 is 2.66 bits per heavy atom. The van der Waals surface area contributed by atoms with Crippen LogP contribution >= 0.6 is 11.6 Å². The van der Waals surface area contributed by atoms with E-state index in [1.165, 1.54) is 18.2 Å². The SMILES string of the molecule is CCCc1c(OCCCN(C)c2ccc(C(=O)O)c(Cl)c2)ccc2c(C(F)(F)F)noc12. The molecule has 6 nitrogen and oxygen atoms in total.